The number of sulfonamides is 1. The summed E-state index contributed by atoms with van der Waals surface area (Å²) < 4.78 is 26.2. The van der Waals surface area contributed by atoms with Crippen molar-refractivity contribution in [2.75, 3.05) is 25.0 Å². The molecule has 1 heterocycles. The van der Waals surface area contributed by atoms with Crippen LogP contribution in [-0.2, 0) is 14.8 Å². The van der Waals surface area contributed by atoms with Crippen molar-refractivity contribution in [3.63, 3.8) is 0 Å². The molecule has 0 unspecified atom stereocenters. The van der Waals surface area contributed by atoms with Crippen LogP contribution in [0.25, 0.3) is 0 Å². The molecule has 0 bridgehead atoms. The third-order valence-electron chi connectivity index (χ3n) is 2.42. The van der Waals surface area contributed by atoms with Gasteiger partial charge in [-0.3, -0.25) is 4.79 Å². The molecule has 7 nitrogen and oxygen atoms in total. The zero-order valence-corrected chi connectivity index (χ0v) is 12.5. The van der Waals surface area contributed by atoms with Gasteiger partial charge < -0.3 is 10.6 Å². The lowest BCUT2D eigenvalue weighted by Crippen LogP contribution is -2.30. The SMILES string of the molecule is CCNC(=O)CCNS(=O)(=O)c1ccc(NCC)nc1. The van der Waals surface area contributed by atoms with Crippen LogP contribution in [0.3, 0.4) is 0 Å². The smallest absolute Gasteiger partial charge is 0.242 e. The molecular weight excluding hydrogens is 280 g/mol. The second-order valence-corrected chi connectivity index (χ2v) is 5.78. The van der Waals surface area contributed by atoms with E-state index in [2.05, 4.69) is 20.3 Å². The first-order valence-corrected chi connectivity index (χ1v) is 7.94. The molecule has 1 aromatic heterocycles. The van der Waals surface area contributed by atoms with Gasteiger partial charge in [0.2, 0.25) is 15.9 Å². The first kappa shape index (κ1) is 16.4. The van der Waals surface area contributed by atoms with E-state index in [-0.39, 0.29) is 23.8 Å². The average Bonchev–Trinajstić information content (AvgIpc) is 2.40. The molecule has 3 N–H and O–H groups in total. The van der Waals surface area contributed by atoms with Crippen molar-refractivity contribution in [1.82, 2.24) is 15.0 Å². The van der Waals surface area contributed by atoms with Crippen LogP contribution in [0.1, 0.15) is 20.3 Å². The lowest BCUT2D eigenvalue weighted by atomic mass is 10.4. The van der Waals surface area contributed by atoms with Gasteiger partial charge in [-0.05, 0) is 26.0 Å². The highest BCUT2D eigenvalue weighted by atomic mass is 32.2. The zero-order valence-electron chi connectivity index (χ0n) is 11.6. The van der Waals surface area contributed by atoms with Crippen LogP contribution in [0, 0.1) is 0 Å². The Morgan fingerprint density at radius 2 is 2.00 bits per heavy atom. The fourth-order valence-corrected chi connectivity index (χ4v) is 2.47. The Bertz CT molecular complexity index is 528. The van der Waals surface area contributed by atoms with Gasteiger partial charge >= 0.3 is 0 Å². The van der Waals surface area contributed by atoms with Crippen molar-refractivity contribution < 1.29 is 13.2 Å². The maximum absolute atomic E-state index is 11.9. The minimum atomic E-state index is -3.62. The molecule has 0 aromatic carbocycles. The third-order valence-corrected chi connectivity index (χ3v) is 3.87. The molecule has 1 rings (SSSR count). The van der Waals surface area contributed by atoms with E-state index in [1.54, 1.807) is 13.0 Å². The van der Waals surface area contributed by atoms with Gasteiger partial charge in [0.15, 0.2) is 0 Å². The molecule has 0 saturated heterocycles. The summed E-state index contributed by atoms with van der Waals surface area (Å²) in [6, 6.07) is 3.07. The molecule has 0 spiro atoms. The summed E-state index contributed by atoms with van der Waals surface area (Å²) in [4.78, 5) is 15.3. The number of hydrogen-bond donors (Lipinski definition) is 3. The molecule has 1 aromatic rings. The Morgan fingerprint density at radius 3 is 2.55 bits per heavy atom. The maximum atomic E-state index is 11.9. The van der Waals surface area contributed by atoms with Crippen molar-refractivity contribution >= 4 is 21.7 Å². The number of nitrogens with zero attached hydrogens (tertiary/aromatic N) is 1. The Kier molecular flexibility index (Phi) is 6.40. The summed E-state index contributed by atoms with van der Waals surface area (Å²) in [7, 11) is -3.62. The number of amides is 1. The van der Waals surface area contributed by atoms with E-state index in [4.69, 9.17) is 0 Å². The minimum absolute atomic E-state index is 0.0587. The Balaban J connectivity index is 2.57. The molecule has 8 heteroatoms. The van der Waals surface area contributed by atoms with Gasteiger partial charge in [-0.2, -0.15) is 0 Å². The quantitative estimate of drug-likeness (QED) is 0.642. The lowest BCUT2D eigenvalue weighted by Gasteiger charge is -2.07. The van der Waals surface area contributed by atoms with Gasteiger partial charge in [-0.15, -0.1) is 0 Å². The number of rotatable bonds is 8. The highest BCUT2D eigenvalue weighted by Crippen LogP contribution is 2.10. The number of carbonyl (C=O) groups excluding carboxylic acids is 1. The molecule has 20 heavy (non-hydrogen) atoms. The molecular formula is C12H20N4O3S. The fraction of sp³-hybridized carbons (Fsp3) is 0.500. The van der Waals surface area contributed by atoms with Gasteiger partial charge in [0.1, 0.15) is 10.7 Å². The molecule has 0 atom stereocenters. The van der Waals surface area contributed by atoms with Crippen LogP contribution in [0.5, 0.6) is 0 Å². The van der Waals surface area contributed by atoms with E-state index in [0.717, 1.165) is 0 Å². The molecule has 0 aliphatic rings. The van der Waals surface area contributed by atoms with Gasteiger partial charge in [0.25, 0.3) is 0 Å². The normalized spacial score (nSPS) is 11.1. The highest BCUT2D eigenvalue weighted by Gasteiger charge is 2.14. The fourth-order valence-electron chi connectivity index (χ4n) is 1.49. The van der Waals surface area contributed by atoms with E-state index < -0.39 is 10.0 Å². The predicted molar refractivity (Wildman–Crippen MR) is 76.9 cm³/mol. The molecule has 0 fully saturated rings. The van der Waals surface area contributed by atoms with Crippen LogP contribution in [0.15, 0.2) is 23.2 Å². The standard InChI is InChI=1S/C12H20N4O3S/c1-3-13-11-6-5-10(9-15-11)20(18,19)16-8-7-12(17)14-4-2/h5-6,9,16H,3-4,7-8H2,1-2H3,(H,13,15)(H,14,17). The lowest BCUT2D eigenvalue weighted by molar-refractivity contribution is -0.120. The van der Waals surface area contributed by atoms with E-state index in [9.17, 15) is 13.2 Å². The van der Waals surface area contributed by atoms with Gasteiger partial charge in [0.05, 0.1) is 0 Å². The molecule has 0 aliphatic carbocycles. The van der Waals surface area contributed by atoms with Gasteiger partial charge in [-0.25, -0.2) is 18.1 Å². The van der Waals surface area contributed by atoms with Crippen molar-refractivity contribution in [2.24, 2.45) is 0 Å². The van der Waals surface area contributed by atoms with E-state index in [1.165, 1.54) is 12.3 Å². The minimum Gasteiger partial charge on any atom is -0.370 e. The number of nitrogens with one attached hydrogen (secondary N) is 3. The molecule has 0 aliphatic heterocycles. The predicted octanol–water partition coefficient (Wildman–Crippen LogP) is 0.318. The number of anilines is 1. The monoisotopic (exact) mass is 300 g/mol. The largest absolute Gasteiger partial charge is 0.370 e. The Hall–Kier alpha value is -1.67. The summed E-state index contributed by atoms with van der Waals surface area (Å²) in [6.45, 7) is 5.03. The summed E-state index contributed by atoms with van der Waals surface area (Å²) in [5.74, 6) is 0.435. The van der Waals surface area contributed by atoms with Crippen molar-refractivity contribution in [1.29, 1.82) is 0 Å². The maximum Gasteiger partial charge on any atom is 0.242 e. The second-order valence-electron chi connectivity index (χ2n) is 4.01. The topological polar surface area (TPSA) is 100 Å². The number of pyridine rings is 1. The zero-order chi connectivity index (χ0) is 15.0. The molecule has 112 valence electrons. The first-order chi connectivity index (χ1) is 9.49. The van der Waals surface area contributed by atoms with Crippen LogP contribution in [0.2, 0.25) is 0 Å². The summed E-state index contributed by atoms with van der Waals surface area (Å²) in [5.41, 5.74) is 0. The highest BCUT2D eigenvalue weighted by molar-refractivity contribution is 7.89. The van der Waals surface area contributed by atoms with Crippen molar-refractivity contribution in [3.05, 3.63) is 18.3 Å². The third kappa shape index (κ3) is 5.14. The summed E-state index contributed by atoms with van der Waals surface area (Å²) in [5, 5.41) is 5.58. The summed E-state index contributed by atoms with van der Waals surface area (Å²) in [6.07, 6.45) is 1.39. The number of aromatic nitrogens is 1. The van der Waals surface area contributed by atoms with E-state index in [1.807, 2.05) is 6.92 Å². The number of carbonyl (C=O) groups is 1. The molecule has 0 radical (unpaired) electrons. The van der Waals surface area contributed by atoms with Crippen molar-refractivity contribution in [2.45, 2.75) is 25.2 Å². The number of hydrogen-bond acceptors (Lipinski definition) is 5. The van der Waals surface area contributed by atoms with E-state index >= 15 is 0 Å². The van der Waals surface area contributed by atoms with Gasteiger partial charge in [0, 0.05) is 32.3 Å². The van der Waals surface area contributed by atoms with Crippen LogP contribution >= 0.6 is 0 Å². The Morgan fingerprint density at radius 1 is 1.25 bits per heavy atom. The molecule has 0 saturated carbocycles. The van der Waals surface area contributed by atoms with Crippen LogP contribution in [0.4, 0.5) is 5.82 Å². The Labute approximate surface area is 119 Å². The van der Waals surface area contributed by atoms with Gasteiger partial charge in [-0.1, -0.05) is 0 Å². The van der Waals surface area contributed by atoms with Crippen LogP contribution < -0.4 is 15.4 Å². The summed E-state index contributed by atoms with van der Waals surface area (Å²) >= 11 is 0. The van der Waals surface area contributed by atoms with E-state index in [0.29, 0.717) is 18.9 Å². The molecule has 1 amide bonds. The second kappa shape index (κ2) is 7.81. The van der Waals surface area contributed by atoms with Crippen molar-refractivity contribution in [3.8, 4) is 0 Å². The first-order valence-electron chi connectivity index (χ1n) is 6.46. The average molecular weight is 300 g/mol. The van der Waals surface area contributed by atoms with Crippen LogP contribution in [-0.4, -0.2) is 38.9 Å².